The highest BCUT2D eigenvalue weighted by Crippen LogP contribution is 2.26. The fourth-order valence-electron chi connectivity index (χ4n) is 1.88. The second-order valence-corrected chi connectivity index (χ2v) is 7.02. The Morgan fingerprint density at radius 2 is 2.00 bits per heavy atom. The summed E-state index contributed by atoms with van der Waals surface area (Å²) in [5.74, 6) is -0.00716. The number of nitrogens with two attached hydrogens (primary N) is 1. The molecule has 0 unspecified atom stereocenters. The number of hydrogen-bond donors (Lipinski definition) is 2. The van der Waals surface area contributed by atoms with E-state index in [0.717, 1.165) is 10.0 Å². The van der Waals surface area contributed by atoms with E-state index >= 15 is 0 Å². The molecule has 20 heavy (non-hydrogen) atoms. The Morgan fingerprint density at radius 3 is 2.50 bits per heavy atom. The molecule has 0 aliphatic rings. The van der Waals surface area contributed by atoms with Gasteiger partial charge in [-0.05, 0) is 37.6 Å². The Kier molecular flexibility index (Phi) is 3.79. The minimum absolute atomic E-state index is 0.00716. The van der Waals surface area contributed by atoms with Crippen molar-refractivity contribution in [2.24, 2.45) is 7.05 Å². The molecule has 0 atom stereocenters. The smallest absolute Gasteiger partial charge is 0.267 e. The monoisotopic (exact) mass is 358 g/mol. The molecule has 2 aromatic rings. The summed E-state index contributed by atoms with van der Waals surface area (Å²) in [6.07, 6.45) is 0. The molecule has 0 amide bonds. The van der Waals surface area contributed by atoms with E-state index in [1.165, 1.54) is 4.68 Å². The van der Waals surface area contributed by atoms with Crippen molar-refractivity contribution in [2.45, 2.75) is 18.7 Å². The van der Waals surface area contributed by atoms with Crippen LogP contribution >= 0.6 is 15.9 Å². The van der Waals surface area contributed by atoms with Crippen LogP contribution in [0.3, 0.4) is 0 Å². The normalized spacial score (nSPS) is 11.6. The first kappa shape index (κ1) is 14.9. The zero-order valence-corrected chi connectivity index (χ0v) is 13.7. The molecule has 0 saturated heterocycles. The number of nitrogens with zero attached hydrogens (tertiary/aromatic N) is 2. The first-order chi connectivity index (χ1) is 9.22. The predicted octanol–water partition coefficient (Wildman–Crippen LogP) is 2.18. The van der Waals surface area contributed by atoms with E-state index in [9.17, 15) is 8.42 Å². The van der Waals surface area contributed by atoms with Gasteiger partial charge in [-0.1, -0.05) is 15.9 Å². The molecule has 0 aliphatic carbocycles. The number of aryl methyl sites for hydroxylation is 2. The lowest BCUT2D eigenvalue weighted by Gasteiger charge is -2.11. The average Bonchev–Trinajstić information content (AvgIpc) is 2.57. The molecule has 108 valence electrons. The van der Waals surface area contributed by atoms with E-state index in [0.29, 0.717) is 11.4 Å². The molecule has 0 radical (unpaired) electrons. The van der Waals surface area contributed by atoms with Crippen LogP contribution in [-0.4, -0.2) is 18.2 Å². The molecule has 1 aromatic carbocycles. The summed E-state index contributed by atoms with van der Waals surface area (Å²) >= 11 is 3.34. The number of aromatic nitrogens is 2. The molecule has 0 spiro atoms. The van der Waals surface area contributed by atoms with Crippen LogP contribution in [0.15, 0.2) is 27.6 Å². The summed E-state index contributed by atoms with van der Waals surface area (Å²) in [6, 6.07) is 5.29. The van der Waals surface area contributed by atoms with Gasteiger partial charge in [-0.2, -0.15) is 5.10 Å². The number of benzene rings is 1. The molecular weight excluding hydrogens is 344 g/mol. The van der Waals surface area contributed by atoms with Gasteiger partial charge < -0.3 is 5.73 Å². The molecule has 8 heteroatoms. The van der Waals surface area contributed by atoms with Crippen LogP contribution in [0.25, 0.3) is 0 Å². The minimum atomic E-state index is -3.76. The Hall–Kier alpha value is -1.54. The van der Waals surface area contributed by atoms with Crippen LogP contribution in [0.5, 0.6) is 0 Å². The number of rotatable bonds is 3. The third-order valence-electron chi connectivity index (χ3n) is 3.01. The molecule has 0 saturated carbocycles. The lowest BCUT2D eigenvalue weighted by atomic mass is 10.2. The maximum Gasteiger partial charge on any atom is 0.267 e. The van der Waals surface area contributed by atoms with Crippen molar-refractivity contribution >= 4 is 37.5 Å². The molecule has 0 bridgehead atoms. The van der Waals surface area contributed by atoms with Gasteiger partial charge in [0, 0.05) is 11.5 Å². The van der Waals surface area contributed by atoms with E-state index < -0.39 is 10.0 Å². The number of nitrogen functional groups attached to an aromatic ring is 1. The first-order valence-electron chi connectivity index (χ1n) is 5.80. The molecular formula is C12H15BrN4O2S. The highest BCUT2D eigenvalue weighted by Gasteiger charge is 2.25. The van der Waals surface area contributed by atoms with Gasteiger partial charge in [0.2, 0.25) is 0 Å². The van der Waals surface area contributed by atoms with Crippen molar-refractivity contribution in [2.75, 3.05) is 10.5 Å². The van der Waals surface area contributed by atoms with E-state index in [4.69, 9.17) is 5.73 Å². The van der Waals surface area contributed by atoms with Gasteiger partial charge >= 0.3 is 0 Å². The number of anilines is 2. The summed E-state index contributed by atoms with van der Waals surface area (Å²) in [4.78, 5) is 0.0160. The second kappa shape index (κ2) is 5.10. The average molecular weight is 359 g/mol. The van der Waals surface area contributed by atoms with Gasteiger partial charge in [0.1, 0.15) is 0 Å². The Morgan fingerprint density at radius 1 is 1.35 bits per heavy atom. The van der Waals surface area contributed by atoms with Gasteiger partial charge in [-0.25, -0.2) is 8.42 Å². The third kappa shape index (κ3) is 2.66. The van der Waals surface area contributed by atoms with Crippen LogP contribution in [0.1, 0.15) is 11.3 Å². The number of nitrogens with one attached hydrogen (secondary N) is 1. The second-order valence-electron chi connectivity index (χ2n) is 4.49. The molecule has 2 rings (SSSR count). The van der Waals surface area contributed by atoms with E-state index in [1.807, 2.05) is 13.0 Å². The summed E-state index contributed by atoms with van der Waals surface area (Å²) in [7, 11) is -2.11. The van der Waals surface area contributed by atoms with Crippen molar-refractivity contribution in [3.8, 4) is 0 Å². The van der Waals surface area contributed by atoms with Crippen molar-refractivity contribution in [1.82, 2.24) is 9.78 Å². The van der Waals surface area contributed by atoms with Crippen LogP contribution < -0.4 is 10.5 Å². The Labute approximate surface area is 126 Å². The Balaban J connectivity index is 2.46. The zero-order valence-electron chi connectivity index (χ0n) is 11.3. The quantitative estimate of drug-likeness (QED) is 0.879. The van der Waals surface area contributed by atoms with Gasteiger partial charge in [0.25, 0.3) is 10.0 Å². The molecule has 1 aromatic heterocycles. The van der Waals surface area contributed by atoms with Crippen LogP contribution in [0.2, 0.25) is 0 Å². The summed E-state index contributed by atoms with van der Waals surface area (Å²) in [5.41, 5.74) is 7.49. The fourth-order valence-corrected chi connectivity index (χ4v) is 3.82. The molecule has 1 heterocycles. The maximum absolute atomic E-state index is 12.4. The summed E-state index contributed by atoms with van der Waals surface area (Å²) in [5, 5.41) is 3.92. The van der Waals surface area contributed by atoms with Crippen molar-refractivity contribution in [3.63, 3.8) is 0 Å². The van der Waals surface area contributed by atoms with Crippen LogP contribution in [-0.2, 0) is 17.1 Å². The maximum atomic E-state index is 12.4. The highest BCUT2D eigenvalue weighted by molar-refractivity contribution is 9.10. The van der Waals surface area contributed by atoms with E-state index in [-0.39, 0.29) is 10.7 Å². The summed E-state index contributed by atoms with van der Waals surface area (Å²) < 4.78 is 29.7. The molecule has 6 nitrogen and oxygen atoms in total. The Bertz CT molecular complexity index is 768. The van der Waals surface area contributed by atoms with Gasteiger partial charge in [0.05, 0.1) is 11.4 Å². The molecule has 3 N–H and O–H groups in total. The highest BCUT2D eigenvalue weighted by atomic mass is 79.9. The fraction of sp³-hybridized carbons (Fsp3) is 0.250. The van der Waals surface area contributed by atoms with Gasteiger partial charge in [-0.15, -0.1) is 0 Å². The largest absolute Gasteiger partial charge is 0.381 e. The van der Waals surface area contributed by atoms with Crippen LogP contribution in [0, 0.1) is 13.8 Å². The minimum Gasteiger partial charge on any atom is -0.381 e. The van der Waals surface area contributed by atoms with E-state index in [1.54, 1.807) is 26.1 Å². The summed E-state index contributed by atoms with van der Waals surface area (Å²) in [6.45, 7) is 3.48. The van der Waals surface area contributed by atoms with Gasteiger partial charge in [-0.3, -0.25) is 9.40 Å². The molecule has 0 aliphatic heterocycles. The standard InChI is InChI=1S/C12H15BrN4O2S/c1-7-6-9(13)4-5-10(7)16-20(18,19)11-8(2)17(3)15-12(11)14/h4-6,16H,1-3H3,(H2,14,15). The van der Waals surface area contributed by atoms with Crippen molar-refractivity contribution in [1.29, 1.82) is 0 Å². The first-order valence-corrected chi connectivity index (χ1v) is 8.08. The van der Waals surface area contributed by atoms with Gasteiger partial charge in [0.15, 0.2) is 10.7 Å². The number of hydrogen-bond acceptors (Lipinski definition) is 4. The van der Waals surface area contributed by atoms with E-state index in [2.05, 4.69) is 25.8 Å². The predicted molar refractivity (Wildman–Crippen MR) is 82.0 cm³/mol. The van der Waals surface area contributed by atoms with Crippen molar-refractivity contribution < 1.29 is 8.42 Å². The number of halogens is 1. The molecule has 0 fully saturated rings. The zero-order chi connectivity index (χ0) is 15.1. The topological polar surface area (TPSA) is 90.0 Å². The van der Waals surface area contributed by atoms with Crippen molar-refractivity contribution in [3.05, 3.63) is 33.9 Å². The number of sulfonamides is 1. The third-order valence-corrected chi connectivity index (χ3v) is 5.03. The lowest BCUT2D eigenvalue weighted by molar-refractivity contribution is 0.600. The van der Waals surface area contributed by atoms with Crippen LogP contribution in [0.4, 0.5) is 11.5 Å². The lowest BCUT2D eigenvalue weighted by Crippen LogP contribution is -2.16. The SMILES string of the molecule is Cc1cc(Br)ccc1NS(=O)(=O)c1c(N)nn(C)c1C.